The Morgan fingerprint density at radius 2 is 2.08 bits per heavy atom. The molecule has 0 aliphatic heterocycles. The number of nitrogens with one attached hydrogen (secondary N) is 1. The van der Waals surface area contributed by atoms with Crippen LogP contribution in [-0.2, 0) is 10.0 Å². The van der Waals surface area contributed by atoms with Gasteiger partial charge < -0.3 is 9.84 Å². The van der Waals surface area contributed by atoms with Crippen LogP contribution >= 0.6 is 11.6 Å². The van der Waals surface area contributed by atoms with Crippen molar-refractivity contribution in [2.24, 2.45) is 5.10 Å². The highest BCUT2D eigenvalue weighted by molar-refractivity contribution is 7.89. The Hall–Kier alpha value is -2.85. The standard InChI is InChI=1S/C15H14ClN3O6S/c1-2-25-11-4-3-10(15(20)7-11)9-17-18-26(23,24)12-5-6-13(16)14(8-12)19(21)22/h3-9,18,20H,2H2,1H3. The molecule has 2 N–H and O–H groups in total. The molecule has 0 amide bonds. The number of hydrogen-bond acceptors (Lipinski definition) is 7. The third-order valence-electron chi connectivity index (χ3n) is 3.11. The first-order chi connectivity index (χ1) is 12.2. The number of halogens is 1. The van der Waals surface area contributed by atoms with E-state index >= 15 is 0 Å². The second-order valence-electron chi connectivity index (χ2n) is 4.88. The van der Waals surface area contributed by atoms with Gasteiger partial charge in [-0.25, -0.2) is 4.83 Å². The number of nitrogens with zero attached hydrogens (tertiary/aromatic N) is 2. The zero-order valence-electron chi connectivity index (χ0n) is 13.4. The monoisotopic (exact) mass is 399 g/mol. The Morgan fingerprint density at radius 1 is 1.35 bits per heavy atom. The molecule has 2 aromatic carbocycles. The highest BCUT2D eigenvalue weighted by atomic mass is 35.5. The lowest BCUT2D eigenvalue weighted by Gasteiger charge is -2.06. The van der Waals surface area contributed by atoms with Crippen molar-refractivity contribution >= 4 is 33.5 Å². The number of nitro benzene ring substituents is 1. The summed E-state index contributed by atoms with van der Waals surface area (Å²) in [6, 6.07) is 7.49. The molecular formula is C15H14ClN3O6S. The maximum absolute atomic E-state index is 12.2. The quantitative estimate of drug-likeness (QED) is 0.418. The average Bonchev–Trinajstić information content (AvgIpc) is 2.57. The molecule has 11 heteroatoms. The van der Waals surface area contributed by atoms with Gasteiger partial charge >= 0.3 is 0 Å². The molecule has 0 saturated carbocycles. The van der Waals surface area contributed by atoms with E-state index in [1.807, 2.05) is 4.83 Å². The van der Waals surface area contributed by atoms with Crippen molar-refractivity contribution in [1.29, 1.82) is 0 Å². The molecule has 0 heterocycles. The molecule has 0 bridgehead atoms. The zero-order valence-corrected chi connectivity index (χ0v) is 15.0. The van der Waals surface area contributed by atoms with Crippen molar-refractivity contribution in [2.75, 3.05) is 6.61 Å². The van der Waals surface area contributed by atoms with E-state index in [4.69, 9.17) is 16.3 Å². The molecule has 9 nitrogen and oxygen atoms in total. The van der Waals surface area contributed by atoms with Gasteiger partial charge in [-0.15, -0.1) is 0 Å². The van der Waals surface area contributed by atoms with Crippen molar-refractivity contribution in [3.63, 3.8) is 0 Å². The molecule has 0 spiro atoms. The lowest BCUT2D eigenvalue weighted by atomic mass is 10.2. The number of ether oxygens (including phenoxy) is 1. The van der Waals surface area contributed by atoms with Gasteiger partial charge in [0.25, 0.3) is 15.7 Å². The predicted molar refractivity (Wildman–Crippen MR) is 95.3 cm³/mol. The lowest BCUT2D eigenvalue weighted by Crippen LogP contribution is -2.18. The van der Waals surface area contributed by atoms with Crippen LogP contribution in [0.3, 0.4) is 0 Å². The summed E-state index contributed by atoms with van der Waals surface area (Å²) in [5.41, 5.74) is -0.291. The Morgan fingerprint density at radius 3 is 2.69 bits per heavy atom. The third-order valence-corrected chi connectivity index (χ3v) is 4.65. The Kier molecular flexibility index (Phi) is 6.01. The van der Waals surface area contributed by atoms with Crippen LogP contribution in [0.1, 0.15) is 12.5 Å². The van der Waals surface area contributed by atoms with Crippen LogP contribution in [0.25, 0.3) is 0 Å². The van der Waals surface area contributed by atoms with E-state index < -0.39 is 20.6 Å². The highest BCUT2D eigenvalue weighted by Crippen LogP contribution is 2.27. The van der Waals surface area contributed by atoms with Gasteiger partial charge in [0.1, 0.15) is 16.5 Å². The normalized spacial score (nSPS) is 11.5. The topological polar surface area (TPSA) is 131 Å². The lowest BCUT2D eigenvalue weighted by molar-refractivity contribution is -0.384. The number of aromatic hydroxyl groups is 1. The molecule has 0 fully saturated rings. The molecule has 0 aromatic heterocycles. The van der Waals surface area contributed by atoms with E-state index in [9.17, 15) is 23.6 Å². The predicted octanol–water partition coefficient (Wildman–Crippen LogP) is 2.66. The molecule has 0 aliphatic rings. The van der Waals surface area contributed by atoms with Crippen molar-refractivity contribution < 1.29 is 23.2 Å². The molecule has 0 atom stereocenters. The summed E-state index contributed by atoms with van der Waals surface area (Å²) >= 11 is 5.65. The zero-order chi connectivity index (χ0) is 19.3. The van der Waals surface area contributed by atoms with Crippen LogP contribution in [-0.4, -0.2) is 31.3 Å². The molecule has 26 heavy (non-hydrogen) atoms. The van der Waals surface area contributed by atoms with Gasteiger partial charge in [-0.05, 0) is 31.2 Å². The van der Waals surface area contributed by atoms with Crippen molar-refractivity contribution in [1.82, 2.24) is 4.83 Å². The highest BCUT2D eigenvalue weighted by Gasteiger charge is 2.20. The van der Waals surface area contributed by atoms with Crippen LogP contribution in [0, 0.1) is 10.1 Å². The number of benzene rings is 2. The minimum Gasteiger partial charge on any atom is -0.507 e. The van der Waals surface area contributed by atoms with Crippen LogP contribution in [0.15, 0.2) is 46.4 Å². The number of phenols is 1. The average molecular weight is 400 g/mol. The Bertz CT molecular complexity index is 962. The van der Waals surface area contributed by atoms with Gasteiger partial charge in [-0.2, -0.15) is 13.5 Å². The maximum Gasteiger partial charge on any atom is 0.289 e. The Balaban J connectivity index is 2.19. The summed E-state index contributed by atoms with van der Waals surface area (Å²) in [5, 5.41) is 24.1. The van der Waals surface area contributed by atoms with Crippen molar-refractivity contribution in [2.45, 2.75) is 11.8 Å². The number of nitro groups is 1. The number of sulfonamides is 1. The summed E-state index contributed by atoms with van der Waals surface area (Å²) in [4.78, 5) is 11.6. The first kappa shape index (κ1) is 19.5. The van der Waals surface area contributed by atoms with Crippen LogP contribution < -0.4 is 9.57 Å². The summed E-state index contributed by atoms with van der Waals surface area (Å²) < 4.78 is 29.5. The van der Waals surface area contributed by atoms with E-state index in [1.165, 1.54) is 12.1 Å². The van der Waals surface area contributed by atoms with E-state index in [0.717, 1.165) is 24.4 Å². The molecule has 2 aromatic rings. The minimum absolute atomic E-state index is 0.152. The summed E-state index contributed by atoms with van der Waals surface area (Å²) in [6.07, 6.45) is 1.09. The summed E-state index contributed by atoms with van der Waals surface area (Å²) in [5.74, 6) is 0.303. The maximum atomic E-state index is 12.2. The number of hydrazone groups is 1. The van der Waals surface area contributed by atoms with Crippen LogP contribution in [0.5, 0.6) is 11.5 Å². The Labute approximate surface area is 154 Å². The largest absolute Gasteiger partial charge is 0.507 e. The van der Waals surface area contributed by atoms with E-state index in [0.29, 0.717) is 12.4 Å². The first-order valence-electron chi connectivity index (χ1n) is 7.19. The van der Waals surface area contributed by atoms with E-state index in [1.54, 1.807) is 13.0 Å². The fourth-order valence-electron chi connectivity index (χ4n) is 1.91. The van der Waals surface area contributed by atoms with Gasteiger partial charge in [-0.3, -0.25) is 10.1 Å². The van der Waals surface area contributed by atoms with Crippen molar-refractivity contribution in [3.05, 3.63) is 57.1 Å². The smallest absolute Gasteiger partial charge is 0.289 e. The molecule has 2 rings (SSSR count). The third kappa shape index (κ3) is 4.61. The van der Waals surface area contributed by atoms with E-state index in [2.05, 4.69) is 5.10 Å². The van der Waals surface area contributed by atoms with Gasteiger partial charge in [0.15, 0.2) is 0 Å². The molecule has 0 unspecified atom stereocenters. The van der Waals surface area contributed by atoms with Crippen LogP contribution in [0.4, 0.5) is 5.69 Å². The molecule has 0 aliphatic carbocycles. The fraction of sp³-hybridized carbons (Fsp3) is 0.133. The SMILES string of the molecule is CCOc1ccc(C=NNS(=O)(=O)c2ccc(Cl)c([N+](=O)[O-])c2)c(O)c1. The number of hydrogen-bond donors (Lipinski definition) is 2. The van der Waals surface area contributed by atoms with E-state index in [-0.39, 0.29) is 21.2 Å². The van der Waals surface area contributed by atoms with Gasteiger partial charge in [0, 0.05) is 17.7 Å². The second-order valence-corrected chi connectivity index (χ2v) is 6.94. The molecular weight excluding hydrogens is 386 g/mol. The first-order valence-corrected chi connectivity index (χ1v) is 9.05. The fourth-order valence-corrected chi connectivity index (χ4v) is 2.90. The molecule has 0 radical (unpaired) electrons. The van der Waals surface area contributed by atoms with Crippen molar-refractivity contribution in [3.8, 4) is 11.5 Å². The van der Waals surface area contributed by atoms with Gasteiger partial charge in [0.2, 0.25) is 0 Å². The van der Waals surface area contributed by atoms with Crippen LogP contribution in [0.2, 0.25) is 5.02 Å². The number of rotatable bonds is 7. The van der Waals surface area contributed by atoms with Gasteiger partial charge in [0.05, 0.1) is 22.6 Å². The minimum atomic E-state index is -4.15. The van der Waals surface area contributed by atoms with Gasteiger partial charge in [-0.1, -0.05) is 11.6 Å². The molecule has 0 saturated heterocycles. The molecule has 138 valence electrons. The summed E-state index contributed by atoms with van der Waals surface area (Å²) in [6.45, 7) is 2.22. The number of phenolic OH excluding ortho intramolecular Hbond substituents is 1. The summed E-state index contributed by atoms with van der Waals surface area (Å²) in [7, 11) is -4.15. The second kappa shape index (κ2) is 8.02.